The first kappa shape index (κ1) is 17.7. The number of aliphatic hydroxyl groups is 8. The van der Waals surface area contributed by atoms with Crippen molar-refractivity contribution in [3.05, 3.63) is 0 Å². The van der Waals surface area contributed by atoms with Crippen LogP contribution in [0.1, 0.15) is 13.3 Å². The molecule has 0 fully saturated rings. The summed E-state index contributed by atoms with van der Waals surface area (Å²) in [5, 5.41) is 74.0. The van der Waals surface area contributed by atoms with E-state index in [2.05, 4.69) is 0 Å². The molecule has 8 heteroatoms. The summed E-state index contributed by atoms with van der Waals surface area (Å²) in [4.78, 5) is 0. The van der Waals surface area contributed by atoms with Gasteiger partial charge in [-0.1, -0.05) is 6.92 Å². The molecule has 0 radical (unpaired) electrons. The fourth-order valence-electron chi connectivity index (χ4n) is 1.41. The van der Waals surface area contributed by atoms with Crippen molar-refractivity contribution < 1.29 is 40.9 Å². The predicted molar refractivity (Wildman–Crippen MR) is 59.4 cm³/mol. The summed E-state index contributed by atoms with van der Waals surface area (Å²) in [6.45, 7) is 0.689. The quantitative estimate of drug-likeness (QED) is 0.221. The van der Waals surface area contributed by atoms with Crippen molar-refractivity contribution in [3.8, 4) is 0 Å². The molecule has 0 saturated heterocycles. The van der Waals surface area contributed by atoms with Crippen LogP contribution in [0, 0.1) is 0 Å². The van der Waals surface area contributed by atoms with Gasteiger partial charge in [0.1, 0.15) is 36.6 Å². The lowest BCUT2D eigenvalue weighted by molar-refractivity contribution is -0.170. The van der Waals surface area contributed by atoms with Crippen molar-refractivity contribution in [2.45, 2.75) is 56.1 Å². The second-order valence-corrected chi connectivity index (χ2v) is 4.18. The Morgan fingerprint density at radius 1 is 0.611 bits per heavy atom. The summed E-state index contributed by atoms with van der Waals surface area (Å²) >= 11 is 0. The molecule has 0 spiro atoms. The molecule has 0 rings (SSSR count). The second kappa shape index (κ2) is 7.97. The number of hydrogen-bond donors (Lipinski definition) is 8. The smallest absolute Gasteiger partial charge is 0.111 e. The Bertz CT molecular complexity index is 204. The average molecular weight is 270 g/mol. The number of hydrogen-bond acceptors (Lipinski definition) is 8. The van der Waals surface area contributed by atoms with Crippen molar-refractivity contribution in [1.29, 1.82) is 0 Å². The van der Waals surface area contributed by atoms with E-state index >= 15 is 0 Å². The molecule has 7 atom stereocenters. The third kappa shape index (κ3) is 4.41. The van der Waals surface area contributed by atoms with Crippen molar-refractivity contribution in [3.63, 3.8) is 0 Å². The highest BCUT2D eigenvalue weighted by molar-refractivity contribution is 4.89. The number of rotatable bonds is 8. The molecule has 0 saturated carbocycles. The van der Waals surface area contributed by atoms with E-state index in [1.807, 2.05) is 0 Å². The monoisotopic (exact) mass is 270 g/mol. The average Bonchev–Trinajstić information content (AvgIpc) is 2.40. The summed E-state index contributed by atoms with van der Waals surface area (Å²) in [6, 6.07) is 0. The zero-order chi connectivity index (χ0) is 14.5. The van der Waals surface area contributed by atoms with Gasteiger partial charge in [-0.2, -0.15) is 0 Å². The summed E-state index contributed by atoms with van der Waals surface area (Å²) in [7, 11) is 0. The van der Waals surface area contributed by atoms with E-state index in [9.17, 15) is 30.6 Å². The number of aliphatic hydroxyl groups excluding tert-OH is 8. The highest BCUT2D eigenvalue weighted by Crippen LogP contribution is 2.14. The zero-order valence-electron chi connectivity index (χ0n) is 10.0. The minimum absolute atomic E-state index is 0.114. The maximum atomic E-state index is 9.49. The first-order valence-electron chi connectivity index (χ1n) is 5.65. The van der Waals surface area contributed by atoms with E-state index in [1.165, 1.54) is 6.92 Å². The summed E-state index contributed by atoms with van der Waals surface area (Å²) < 4.78 is 0. The standard InChI is InChI=1S/C10H22O8/c1-2-4(12)6(14)8(16)10(18)9(17)7(15)5(13)3-11/h4-18H,2-3H2,1H3. The Morgan fingerprint density at radius 2 is 0.944 bits per heavy atom. The highest BCUT2D eigenvalue weighted by atomic mass is 16.4. The molecule has 0 heterocycles. The molecule has 0 aliphatic carbocycles. The largest absolute Gasteiger partial charge is 0.394 e. The molecule has 0 aliphatic rings. The van der Waals surface area contributed by atoms with Crippen LogP contribution in [-0.2, 0) is 0 Å². The summed E-state index contributed by atoms with van der Waals surface area (Å²) in [6.07, 6.45) is -12.4. The van der Waals surface area contributed by atoms with Gasteiger partial charge in [0.05, 0.1) is 12.7 Å². The first-order chi connectivity index (χ1) is 8.27. The molecule has 0 bridgehead atoms. The molecular formula is C10H22O8. The molecular weight excluding hydrogens is 248 g/mol. The van der Waals surface area contributed by atoms with Crippen LogP contribution in [0.15, 0.2) is 0 Å². The van der Waals surface area contributed by atoms with Crippen LogP contribution >= 0.6 is 0 Å². The van der Waals surface area contributed by atoms with Crippen LogP contribution in [0.2, 0.25) is 0 Å². The van der Waals surface area contributed by atoms with Gasteiger partial charge < -0.3 is 40.9 Å². The molecule has 18 heavy (non-hydrogen) atoms. The SMILES string of the molecule is CCC(O)C(O)C(O)C(O)C(O)C(O)C(O)CO. The Hall–Kier alpha value is -0.320. The van der Waals surface area contributed by atoms with E-state index in [1.54, 1.807) is 0 Å². The van der Waals surface area contributed by atoms with Crippen LogP contribution in [-0.4, -0.2) is 90.2 Å². The Balaban J connectivity index is 4.57. The fraction of sp³-hybridized carbons (Fsp3) is 1.00. The van der Waals surface area contributed by atoms with Crippen molar-refractivity contribution in [2.75, 3.05) is 6.61 Å². The van der Waals surface area contributed by atoms with Gasteiger partial charge in [0.2, 0.25) is 0 Å². The van der Waals surface area contributed by atoms with Crippen LogP contribution in [0.3, 0.4) is 0 Å². The maximum Gasteiger partial charge on any atom is 0.111 e. The fourth-order valence-corrected chi connectivity index (χ4v) is 1.41. The van der Waals surface area contributed by atoms with Crippen molar-refractivity contribution in [1.82, 2.24) is 0 Å². The summed E-state index contributed by atoms with van der Waals surface area (Å²) in [5.74, 6) is 0. The lowest BCUT2D eigenvalue weighted by atomic mass is 9.94. The predicted octanol–water partition coefficient (Wildman–Crippen LogP) is -4.08. The third-order valence-electron chi connectivity index (χ3n) is 2.79. The molecule has 110 valence electrons. The topological polar surface area (TPSA) is 162 Å². The Labute approximate surface area is 104 Å². The van der Waals surface area contributed by atoms with Crippen molar-refractivity contribution >= 4 is 0 Å². The van der Waals surface area contributed by atoms with Gasteiger partial charge in [-0.05, 0) is 6.42 Å². The second-order valence-electron chi connectivity index (χ2n) is 4.18. The summed E-state index contributed by atoms with van der Waals surface area (Å²) in [5.41, 5.74) is 0. The van der Waals surface area contributed by atoms with Crippen LogP contribution in [0.5, 0.6) is 0 Å². The van der Waals surface area contributed by atoms with E-state index in [0.29, 0.717) is 0 Å². The molecule has 8 nitrogen and oxygen atoms in total. The van der Waals surface area contributed by atoms with Crippen LogP contribution in [0.25, 0.3) is 0 Å². The minimum atomic E-state index is -1.99. The van der Waals surface area contributed by atoms with E-state index < -0.39 is 49.3 Å². The highest BCUT2D eigenvalue weighted by Gasteiger charge is 2.38. The van der Waals surface area contributed by atoms with Gasteiger partial charge >= 0.3 is 0 Å². The van der Waals surface area contributed by atoms with Gasteiger partial charge in [0.25, 0.3) is 0 Å². The molecule has 7 unspecified atom stereocenters. The van der Waals surface area contributed by atoms with E-state index in [-0.39, 0.29) is 6.42 Å². The van der Waals surface area contributed by atoms with Gasteiger partial charge in [0, 0.05) is 0 Å². The van der Waals surface area contributed by atoms with Crippen molar-refractivity contribution in [2.24, 2.45) is 0 Å². The molecule has 0 aromatic heterocycles. The first-order valence-corrected chi connectivity index (χ1v) is 5.65. The lowest BCUT2D eigenvalue weighted by Crippen LogP contribution is -2.54. The third-order valence-corrected chi connectivity index (χ3v) is 2.79. The zero-order valence-corrected chi connectivity index (χ0v) is 10.0. The Kier molecular flexibility index (Phi) is 7.83. The van der Waals surface area contributed by atoms with Crippen LogP contribution in [0.4, 0.5) is 0 Å². The minimum Gasteiger partial charge on any atom is -0.394 e. The van der Waals surface area contributed by atoms with Gasteiger partial charge in [-0.15, -0.1) is 0 Å². The van der Waals surface area contributed by atoms with Gasteiger partial charge in [0.15, 0.2) is 0 Å². The molecule has 0 aromatic rings. The molecule has 0 aromatic carbocycles. The lowest BCUT2D eigenvalue weighted by Gasteiger charge is -2.31. The molecule has 8 N–H and O–H groups in total. The normalized spacial score (nSPS) is 23.8. The van der Waals surface area contributed by atoms with Crippen LogP contribution < -0.4 is 0 Å². The maximum absolute atomic E-state index is 9.49. The molecule has 0 amide bonds. The Morgan fingerprint density at radius 3 is 1.28 bits per heavy atom. The van der Waals surface area contributed by atoms with Gasteiger partial charge in [-0.25, -0.2) is 0 Å². The van der Waals surface area contributed by atoms with E-state index in [4.69, 9.17) is 10.2 Å². The van der Waals surface area contributed by atoms with Gasteiger partial charge in [-0.3, -0.25) is 0 Å². The molecule has 0 aliphatic heterocycles. The van der Waals surface area contributed by atoms with E-state index in [0.717, 1.165) is 0 Å².